The molecule has 4 nitrogen and oxygen atoms in total. The Balaban J connectivity index is 1.57. The van der Waals surface area contributed by atoms with Gasteiger partial charge >= 0.3 is 0 Å². The van der Waals surface area contributed by atoms with E-state index in [1.807, 2.05) is 0 Å². The fourth-order valence-electron chi connectivity index (χ4n) is 6.02. The van der Waals surface area contributed by atoms with Gasteiger partial charge in [-0.05, 0) is 62.6 Å². The first-order valence-electron chi connectivity index (χ1n) is 12.2. The smallest absolute Gasteiger partial charge is 0.194 e. The molecule has 0 aromatic carbocycles. The molecule has 0 aromatic heterocycles. The summed E-state index contributed by atoms with van der Waals surface area (Å²) in [5.74, 6) is 8.11. The van der Waals surface area contributed by atoms with Crippen LogP contribution in [0, 0.1) is 35.5 Å². The molecule has 3 saturated carbocycles. The third kappa shape index (κ3) is 3.92. The molecular weight excluding hydrogens is 392 g/mol. The zero-order valence-electron chi connectivity index (χ0n) is 19.9. The van der Waals surface area contributed by atoms with Gasteiger partial charge in [0, 0.05) is 18.3 Å². The first-order chi connectivity index (χ1) is 14.0. The quantitative estimate of drug-likeness (QED) is 0.495. The van der Waals surface area contributed by atoms with Crippen molar-refractivity contribution in [2.75, 3.05) is 13.2 Å². The van der Waals surface area contributed by atoms with Crippen LogP contribution in [0.25, 0.3) is 0 Å². The average molecular weight is 435 g/mol. The lowest BCUT2D eigenvalue weighted by molar-refractivity contribution is -0.296. The lowest BCUT2D eigenvalue weighted by Crippen LogP contribution is -2.60. The minimum absolute atomic E-state index is 0.00548. The van der Waals surface area contributed by atoms with Crippen LogP contribution in [-0.4, -0.2) is 44.1 Å². The van der Waals surface area contributed by atoms with E-state index in [1.54, 1.807) is 0 Å². The Morgan fingerprint density at radius 1 is 1.00 bits per heavy atom. The summed E-state index contributed by atoms with van der Waals surface area (Å²) in [5.41, 5.74) is -0.423. The highest BCUT2D eigenvalue weighted by molar-refractivity contribution is 6.74. The minimum atomic E-state index is -1.96. The van der Waals surface area contributed by atoms with Crippen LogP contribution in [0.5, 0.6) is 0 Å². The maximum atomic E-state index is 10.8. The molecule has 1 saturated heterocycles. The molecule has 1 heterocycles. The van der Waals surface area contributed by atoms with Gasteiger partial charge in [0.15, 0.2) is 14.1 Å². The molecule has 1 aliphatic heterocycles. The van der Waals surface area contributed by atoms with Crippen molar-refractivity contribution in [3.05, 3.63) is 0 Å². The zero-order valence-corrected chi connectivity index (χ0v) is 20.9. The second kappa shape index (κ2) is 7.88. The van der Waals surface area contributed by atoms with Crippen molar-refractivity contribution >= 4 is 8.32 Å². The molecule has 5 atom stereocenters. The van der Waals surface area contributed by atoms with Crippen molar-refractivity contribution in [3.63, 3.8) is 0 Å². The van der Waals surface area contributed by atoms with Crippen molar-refractivity contribution in [3.8, 4) is 11.8 Å². The van der Waals surface area contributed by atoms with Crippen LogP contribution in [0.4, 0.5) is 0 Å². The van der Waals surface area contributed by atoms with Gasteiger partial charge in [0.2, 0.25) is 0 Å². The monoisotopic (exact) mass is 434 g/mol. The highest BCUT2D eigenvalue weighted by atomic mass is 28.4. The summed E-state index contributed by atoms with van der Waals surface area (Å²) in [4.78, 5) is 0. The molecule has 0 radical (unpaired) electrons. The Morgan fingerprint density at radius 2 is 1.63 bits per heavy atom. The van der Waals surface area contributed by atoms with E-state index in [0.717, 1.165) is 19.3 Å². The van der Waals surface area contributed by atoms with E-state index in [4.69, 9.17) is 13.9 Å². The van der Waals surface area contributed by atoms with E-state index in [2.05, 4.69) is 52.6 Å². The Labute approximate surface area is 184 Å². The van der Waals surface area contributed by atoms with Crippen LogP contribution in [-0.2, 0) is 13.9 Å². The van der Waals surface area contributed by atoms with Gasteiger partial charge in [-0.3, -0.25) is 0 Å². The molecule has 5 heteroatoms. The highest BCUT2D eigenvalue weighted by Gasteiger charge is 2.62. The van der Waals surface area contributed by atoms with Gasteiger partial charge in [0.25, 0.3) is 0 Å². The summed E-state index contributed by atoms with van der Waals surface area (Å²) < 4.78 is 19.0. The third-order valence-corrected chi connectivity index (χ3v) is 13.5. The molecule has 1 N–H and O–H groups in total. The summed E-state index contributed by atoms with van der Waals surface area (Å²) in [7, 11) is -1.96. The molecule has 170 valence electrons. The first kappa shape index (κ1) is 22.8. The number of hydrogen-bond acceptors (Lipinski definition) is 4. The van der Waals surface area contributed by atoms with Crippen molar-refractivity contribution in [2.45, 2.75) is 108 Å². The molecule has 1 spiro atoms. The molecule has 4 aliphatic rings. The van der Waals surface area contributed by atoms with Crippen LogP contribution in [0.2, 0.25) is 18.1 Å². The summed E-state index contributed by atoms with van der Waals surface area (Å²) >= 11 is 0. The molecule has 30 heavy (non-hydrogen) atoms. The number of hydrogen-bond donors (Lipinski definition) is 1. The van der Waals surface area contributed by atoms with Gasteiger partial charge in [-0.2, -0.15) is 0 Å². The Hall–Kier alpha value is -0.383. The maximum absolute atomic E-state index is 10.8. The van der Waals surface area contributed by atoms with E-state index in [9.17, 15) is 5.11 Å². The molecule has 0 aromatic rings. The van der Waals surface area contributed by atoms with Crippen LogP contribution in [0.1, 0.15) is 72.6 Å². The second-order valence-electron chi connectivity index (χ2n) is 11.9. The highest BCUT2D eigenvalue weighted by Crippen LogP contribution is 2.58. The molecule has 4 rings (SSSR count). The van der Waals surface area contributed by atoms with E-state index in [-0.39, 0.29) is 22.8 Å². The maximum Gasteiger partial charge on any atom is 0.194 e. The Morgan fingerprint density at radius 3 is 2.23 bits per heavy atom. The summed E-state index contributed by atoms with van der Waals surface area (Å²) in [5, 5.41) is 11.0. The van der Waals surface area contributed by atoms with E-state index in [0.29, 0.717) is 31.0 Å². The van der Waals surface area contributed by atoms with E-state index >= 15 is 0 Å². The predicted molar refractivity (Wildman–Crippen MR) is 121 cm³/mol. The molecule has 4 fully saturated rings. The van der Waals surface area contributed by atoms with E-state index < -0.39 is 13.9 Å². The lowest BCUT2D eigenvalue weighted by atomic mass is 9.56. The zero-order chi connectivity index (χ0) is 21.8. The topological polar surface area (TPSA) is 47.9 Å². The van der Waals surface area contributed by atoms with Crippen molar-refractivity contribution < 1.29 is 19.0 Å². The van der Waals surface area contributed by atoms with Crippen LogP contribution < -0.4 is 0 Å². The molecular formula is C25H42O4Si. The summed E-state index contributed by atoms with van der Waals surface area (Å²) in [6.07, 6.45) is 7.24. The second-order valence-corrected chi connectivity index (χ2v) is 16.6. The number of aliphatic hydroxyl groups excluding tert-OH is 1. The molecule has 0 unspecified atom stereocenters. The number of fused-ring (bicyclic) bond motifs is 2. The molecule has 3 aliphatic carbocycles. The van der Waals surface area contributed by atoms with Gasteiger partial charge in [-0.25, -0.2) is 0 Å². The number of aliphatic hydroxyl groups is 1. The van der Waals surface area contributed by atoms with Crippen molar-refractivity contribution in [2.24, 2.45) is 23.7 Å². The van der Waals surface area contributed by atoms with Gasteiger partial charge in [-0.15, -0.1) is 0 Å². The normalized spacial score (nSPS) is 36.0. The molecule has 0 amide bonds. The standard InChI is InChI=1S/C25H42O4Si/c1-23(2,3)30(5,6)29-24(4,18-9-7-8-10-18)14-13-19-20-17-25(27-15-16-28-25)21(20)11-12-22(19)26/h18-22,26H,7-12,15-17H2,1-6H3/t19-,20-,21+,22-,24+/m0/s1. The van der Waals surface area contributed by atoms with Crippen molar-refractivity contribution in [1.82, 2.24) is 0 Å². The SMILES string of the molecule is CC(C)(C)[Si](C)(C)O[C@](C)(C#C[C@H]1[C@@H]2CC3(OCCO3)[C@@H]2CC[C@@H]1O)C1CCCC1. The number of rotatable bonds is 3. The Bertz CT molecular complexity index is 690. The molecule has 0 bridgehead atoms. The minimum Gasteiger partial charge on any atom is -0.401 e. The fourth-order valence-corrected chi connectivity index (χ4v) is 7.60. The Kier molecular flexibility index (Phi) is 5.99. The van der Waals surface area contributed by atoms with Crippen LogP contribution in [0.15, 0.2) is 0 Å². The van der Waals surface area contributed by atoms with Crippen LogP contribution in [0.3, 0.4) is 0 Å². The predicted octanol–water partition coefficient (Wildman–Crippen LogP) is 5.11. The van der Waals surface area contributed by atoms with Gasteiger partial charge in [-0.1, -0.05) is 45.5 Å². The summed E-state index contributed by atoms with van der Waals surface area (Å²) in [6, 6.07) is 0. The van der Waals surface area contributed by atoms with Gasteiger partial charge in [0.1, 0.15) is 5.60 Å². The van der Waals surface area contributed by atoms with Crippen molar-refractivity contribution in [1.29, 1.82) is 0 Å². The number of ether oxygens (including phenoxy) is 2. The van der Waals surface area contributed by atoms with E-state index in [1.165, 1.54) is 25.7 Å². The fraction of sp³-hybridized carbons (Fsp3) is 0.920. The van der Waals surface area contributed by atoms with Gasteiger partial charge < -0.3 is 19.0 Å². The van der Waals surface area contributed by atoms with Crippen LogP contribution >= 0.6 is 0 Å². The van der Waals surface area contributed by atoms with Gasteiger partial charge in [0.05, 0.1) is 19.3 Å². The average Bonchev–Trinajstić information content (AvgIpc) is 3.32. The first-order valence-corrected chi connectivity index (χ1v) is 15.1. The third-order valence-electron chi connectivity index (χ3n) is 8.92. The largest absolute Gasteiger partial charge is 0.401 e. The lowest BCUT2D eigenvalue weighted by Gasteiger charge is -2.56. The summed E-state index contributed by atoms with van der Waals surface area (Å²) in [6.45, 7) is 15.2.